The number of hydrogen-bond donors (Lipinski definition) is 1. The summed E-state index contributed by atoms with van der Waals surface area (Å²) in [4.78, 5) is 12.0. The van der Waals surface area contributed by atoms with Gasteiger partial charge in [-0.05, 0) is 47.0 Å². The molecule has 0 aliphatic carbocycles. The lowest BCUT2D eigenvalue weighted by atomic mass is 10.1. The number of amides is 1. The van der Waals surface area contributed by atoms with Gasteiger partial charge in [0, 0.05) is 21.8 Å². The zero-order chi connectivity index (χ0) is 14.9. The van der Waals surface area contributed by atoms with Gasteiger partial charge in [0.2, 0.25) is 5.91 Å². The maximum atomic E-state index is 12.0. The van der Waals surface area contributed by atoms with Crippen LogP contribution in [0.2, 0.25) is 0 Å². The minimum atomic E-state index is -3.81. The molecule has 1 fully saturated rings. The van der Waals surface area contributed by atoms with Crippen molar-refractivity contribution >= 4 is 47.3 Å². The molecule has 0 bridgehead atoms. The number of halogens is 2. The lowest BCUT2D eigenvalue weighted by molar-refractivity contribution is -0.119. The molecule has 1 N–H and O–H groups in total. The molecule has 1 atom stereocenters. The summed E-state index contributed by atoms with van der Waals surface area (Å²) in [6.45, 7) is 2.62. The van der Waals surface area contributed by atoms with Gasteiger partial charge in [-0.2, -0.15) is 0 Å². The molecule has 1 aliphatic heterocycles. The minimum absolute atomic E-state index is 0.0215. The molecular weight excluding hydrogens is 370 g/mol. The van der Waals surface area contributed by atoms with E-state index >= 15 is 0 Å². The van der Waals surface area contributed by atoms with Gasteiger partial charge in [0.15, 0.2) is 0 Å². The lowest BCUT2D eigenvalue weighted by Gasteiger charge is -2.13. The van der Waals surface area contributed by atoms with Gasteiger partial charge in [-0.1, -0.05) is 0 Å². The average Bonchev–Trinajstić information content (AvgIpc) is 2.85. The zero-order valence-corrected chi connectivity index (χ0v) is 13.8. The average molecular weight is 383 g/mol. The van der Waals surface area contributed by atoms with E-state index in [9.17, 15) is 13.2 Å². The minimum Gasteiger partial charge on any atom is -0.381 e. The Morgan fingerprint density at radius 2 is 2.20 bits per heavy atom. The first kappa shape index (κ1) is 15.8. The van der Waals surface area contributed by atoms with E-state index in [-0.39, 0.29) is 16.7 Å². The standard InChI is InChI=1S/C12H13BrClNO4S/c1-7-4-10(9(13)5-11(7)20(14,17)18)15-12(16)8-2-3-19-6-8/h4-5,8H,2-3,6H2,1H3,(H,15,16). The number of benzene rings is 1. The molecule has 2 rings (SSSR count). The highest BCUT2D eigenvalue weighted by molar-refractivity contribution is 9.10. The Labute approximate surface area is 130 Å². The number of ether oxygens (including phenoxy) is 1. The Morgan fingerprint density at radius 3 is 2.75 bits per heavy atom. The second-order valence-corrected chi connectivity index (χ2v) is 7.97. The van der Waals surface area contributed by atoms with Crippen molar-refractivity contribution in [2.75, 3.05) is 18.5 Å². The van der Waals surface area contributed by atoms with Gasteiger partial charge in [0.05, 0.1) is 23.1 Å². The summed E-state index contributed by atoms with van der Waals surface area (Å²) in [6, 6.07) is 2.96. The van der Waals surface area contributed by atoms with E-state index in [2.05, 4.69) is 21.2 Å². The molecule has 1 amide bonds. The highest BCUT2D eigenvalue weighted by Gasteiger charge is 2.24. The molecule has 1 aliphatic rings. The van der Waals surface area contributed by atoms with E-state index in [1.807, 2.05) is 0 Å². The number of rotatable bonds is 3. The van der Waals surface area contributed by atoms with Crippen LogP contribution in [0.4, 0.5) is 5.69 Å². The molecule has 1 aromatic carbocycles. The van der Waals surface area contributed by atoms with Gasteiger partial charge in [0.1, 0.15) is 0 Å². The van der Waals surface area contributed by atoms with Crippen LogP contribution in [0.3, 0.4) is 0 Å². The highest BCUT2D eigenvalue weighted by Crippen LogP contribution is 2.31. The van der Waals surface area contributed by atoms with Crippen LogP contribution in [0.5, 0.6) is 0 Å². The van der Waals surface area contributed by atoms with Gasteiger partial charge >= 0.3 is 0 Å². The second-order valence-electron chi connectivity index (χ2n) is 4.59. The maximum absolute atomic E-state index is 12.0. The Bertz CT molecular complexity index is 641. The summed E-state index contributed by atoms with van der Waals surface area (Å²) in [5.74, 6) is -0.303. The lowest BCUT2D eigenvalue weighted by Crippen LogP contribution is -2.23. The third kappa shape index (κ3) is 3.52. The Morgan fingerprint density at radius 1 is 1.50 bits per heavy atom. The van der Waals surface area contributed by atoms with Gasteiger partial charge in [-0.3, -0.25) is 4.79 Å². The van der Waals surface area contributed by atoms with E-state index in [1.165, 1.54) is 6.07 Å². The number of hydrogen-bond acceptors (Lipinski definition) is 4. The number of nitrogens with one attached hydrogen (secondary N) is 1. The fourth-order valence-corrected chi connectivity index (χ4v) is 3.79. The fraction of sp³-hybridized carbons (Fsp3) is 0.417. The topological polar surface area (TPSA) is 72.5 Å². The van der Waals surface area contributed by atoms with Gasteiger partial charge < -0.3 is 10.1 Å². The SMILES string of the molecule is Cc1cc(NC(=O)C2CCOC2)c(Br)cc1S(=O)(=O)Cl. The molecule has 0 saturated carbocycles. The van der Waals surface area contributed by atoms with Gasteiger partial charge in [-0.25, -0.2) is 8.42 Å². The molecule has 1 aromatic rings. The van der Waals surface area contributed by atoms with E-state index in [1.54, 1.807) is 13.0 Å². The molecule has 0 radical (unpaired) electrons. The molecule has 110 valence electrons. The normalized spacial score (nSPS) is 19.1. The first-order chi connectivity index (χ1) is 9.29. The van der Waals surface area contributed by atoms with Crippen molar-refractivity contribution in [1.29, 1.82) is 0 Å². The van der Waals surface area contributed by atoms with E-state index < -0.39 is 9.05 Å². The summed E-state index contributed by atoms with van der Waals surface area (Å²) in [5.41, 5.74) is 0.990. The van der Waals surface area contributed by atoms with Crippen LogP contribution < -0.4 is 5.32 Å². The smallest absolute Gasteiger partial charge is 0.261 e. The molecular formula is C12H13BrClNO4S. The van der Waals surface area contributed by atoms with Crippen molar-refractivity contribution in [2.45, 2.75) is 18.2 Å². The summed E-state index contributed by atoms with van der Waals surface area (Å²) >= 11 is 3.24. The molecule has 0 spiro atoms. The molecule has 1 saturated heterocycles. The van der Waals surface area contributed by atoms with Crippen LogP contribution in [0.25, 0.3) is 0 Å². The number of carbonyl (C=O) groups is 1. The maximum Gasteiger partial charge on any atom is 0.261 e. The number of aryl methyl sites for hydroxylation is 1. The van der Waals surface area contributed by atoms with Gasteiger partial charge in [0.25, 0.3) is 9.05 Å². The molecule has 0 aromatic heterocycles. The van der Waals surface area contributed by atoms with Crippen LogP contribution in [-0.4, -0.2) is 27.5 Å². The first-order valence-electron chi connectivity index (χ1n) is 5.92. The first-order valence-corrected chi connectivity index (χ1v) is 9.02. The van der Waals surface area contributed by atoms with Crippen LogP contribution in [0, 0.1) is 12.8 Å². The largest absolute Gasteiger partial charge is 0.381 e. The van der Waals surface area contributed by atoms with Crippen molar-refractivity contribution in [3.8, 4) is 0 Å². The van der Waals surface area contributed by atoms with Crippen LogP contribution in [0.15, 0.2) is 21.5 Å². The number of carbonyl (C=O) groups excluding carboxylic acids is 1. The molecule has 5 nitrogen and oxygen atoms in total. The van der Waals surface area contributed by atoms with E-state index in [0.717, 1.165) is 0 Å². The summed E-state index contributed by atoms with van der Waals surface area (Å²) in [5, 5.41) is 2.77. The molecule has 1 heterocycles. The predicted octanol–water partition coefficient (Wildman–Crippen LogP) is 2.66. The number of anilines is 1. The van der Waals surface area contributed by atoms with E-state index in [4.69, 9.17) is 15.4 Å². The third-order valence-corrected chi connectivity index (χ3v) is 5.21. The van der Waals surface area contributed by atoms with Crippen molar-refractivity contribution in [2.24, 2.45) is 5.92 Å². The predicted molar refractivity (Wildman–Crippen MR) is 79.5 cm³/mol. The van der Waals surface area contributed by atoms with E-state index in [0.29, 0.717) is 35.4 Å². The Hall–Kier alpha value is -0.630. The zero-order valence-electron chi connectivity index (χ0n) is 10.7. The monoisotopic (exact) mass is 381 g/mol. The van der Waals surface area contributed by atoms with Crippen LogP contribution in [0.1, 0.15) is 12.0 Å². The Balaban J connectivity index is 2.25. The molecule has 8 heteroatoms. The van der Waals surface area contributed by atoms with Crippen LogP contribution >= 0.6 is 26.6 Å². The van der Waals surface area contributed by atoms with Crippen molar-refractivity contribution in [3.05, 3.63) is 22.2 Å². The van der Waals surface area contributed by atoms with Crippen molar-refractivity contribution in [3.63, 3.8) is 0 Å². The van der Waals surface area contributed by atoms with Crippen molar-refractivity contribution in [1.82, 2.24) is 0 Å². The second kappa shape index (κ2) is 6.01. The quantitative estimate of drug-likeness (QED) is 0.816. The molecule has 1 unspecified atom stereocenters. The Kier molecular flexibility index (Phi) is 4.73. The fourth-order valence-electron chi connectivity index (χ4n) is 2.00. The third-order valence-electron chi connectivity index (χ3n) is 3.09. The van der Waals surface area contributed by atoms with Crippen molar-refractivity contribution < 1.29 is 17.9 Å². The summed E-state index contributed by atoms with van der Waals surface area (Å²) < 4.78 is 28.4. The molecule has 20 heavy (non-hydrogen) atoms. The van der Waals surface area contributed by atoms with Crippen LogP contribution in [-0.2, 0) is 18.6 Å². The summed E-state index contributed by atoms with van der Waals surface area (Å²) in [6.07, 6.45) is 0.691. The highest BCUT2D eigenvalue weighted by atomic mass is 79.9. The summed E-state index contributed by atoms with van der Waals surface area (Å²) in [7, 11) is 1.54. The van der Waals surface area contributed by atoms with Gasteiger partial charge in [-0.15, -0.1) is 0 Å².